The zero-order chi connectivity index (χ0) is 16.8. The Morgan fingerprint density at radius 3 is 2.75 bits per heavy atom. The van der Waals surface area contributed by atoms with Crippen LogP contribution in [0, 0.1) is 11.3 Å². The Balaban J connectivity index is 1.81. The summed E-state index contributed by atoms with van der Waals surface area (Å²) < 4.78 is 2.16. The molecule has 6 heteroatoms. The molecule has 0 N–H and O–H groups in total. The molecular weight excluding hydrogens is 336 g/mol. The van der Waals surface area contributed by atoms with Crippen molar-refractivity contribution in [1.29, 1.82) is 5.26 Å². The summed E-state index contributed by atoms with van der Waals surface area (Å²) in [5.74, 6) is 0.959. The van der Waals surface area contributed by atoms with Crippen molar-refractivity contribution in [3.63, 3.8) is 0 Å². The molecule has 2 aromatic heterocycles. The monoisotopic (exact) mass is 354 g/mol. The average molecular weight is 355 g/mol. The Morgan fingerprint density at radius 1 is 1.21 bits per heavy atom. The minimum absolute atomic E-state index is 0.140. The Hall–Kier alpha value is -2.10. The number of hydrogen-bond donors (Lipinski definition) is 0. The van der Waals surface area contributed by atoms with Gasteiger partial charge in [-0.1, -0.05) is 48.2 Å². The Morgan fingerprint density at radius 2 is 2.04 bits per heavy atom. The molecule has 0 fully saturated rings. The normalized spacial score (nSPS) is 12.0. The molecule has 24 heavy (non-hydrogen) atoms. The van der Waals surface area contributed by atoms with Crippen molar-refractivity contribution in [3.8, 4) is 6.07 Å². The molecule has 0 saturated carbocycles. The van der Waals surface area contributed by atoms with Gasteiger partial charge in [0.15, 0.2) is 5.16 Å². The fourth-order valence-electron chi connectivity index (χ4n) is 2.40. The van der Waals surface area contributed by atoms with E-state index in [2.05, 4.69) is 62.6 Å². The number of nitrogens with zero attached hydrogens (tertiary/aromatic N) is 4. The van der Waals surface area contributed by atoms with E-state index in [1.165, 1.54) is 22.2 Å². The van der Waals surface area contributed by atoms with E-state index in [4.69, 9.17) is 5.26 Å². The van der Waals surface area contributed by atoms with Crippen molar-refractivity contribution >= 4 is 23.1 Å². The highest BCUT2D eigenvalue weighted by atomic mass is 32.2. The number of thioether (sulfide) groups is 1. The number of rotatable bonds is 7. The molecule has 0 saturated heterocycles. The highest BCUT2D eigenvalue weighted by molar-refractivity contribution is 8.00. The molecule has 0 aliphatic heterocycles. The lowest BCUT2D eigenvalue weighted by atomic mass is 10.1. The van der Waals surface area contributed by atoms with Gasteiger partial charge < -0.3 is 4.57 Å². The lowest BCUT2D eigenvalue weighted by molar-refractivity contribution is 0.610. The van der Waals surface area contributed by atoms with Crippen LogP contribution in [0.4, 0.5) is 0 Å². The van der Waals surface area contributed by atoms with Crippen LogP contribution >= 0.6 is 23.1 Å². The summed E-state index contributed by atoms with van der Waals surface area (Å²) in [5.41, 5.74) is 1.29. The van der Waals surface area contributed by atoms with Gasteiger partial charge in [0.25, 0.3) is 0 Å². The molecular formula is C18H18N4S2. The van der Waals surface area contributed by atoms with Gasteiger partial charge >= 0.3 is 0 Å². The molecule has 0 bridgehead atoms. The Kier molecular flexibility index (Phi) is 5.68. The second kappa shape index (κ2) is 8.13. The van der Waals surface area contributed by atoms with Gasteiger partial charge in [-0.05, 0) is 30.4 Å². The van der Waals surface area contributed by atoms with E-state index in [0.29, 0.717) is 0 Å². The van der Waals surface area contributed by atoms with Crippen LogP contribution in [-0.2, 0) is 19.4 Å². The molecule has 0 unspecified atom stereocenters. The third kappa shape index (κ3) is 4.25. The van der Waals surface area contributed by atoms with Crippen LogP contribution in [0.15, 0.2) is 53.0 Å². The smallest absolute Gasteiger partial charge is 0.192 e. The zero-order valence-corrected chi connectivity index (χ0v) is 15.1. The second-order valence-corrected chi connectivity index (χ2v) is 7.77. The first-order valence-corrected chi connectivity index (χ1v) is 9.57. The molecule has 3 aromatic rings. The van der Waals surface area contributed by atoms with Crippen LogP contribution in [0.5, 0.6) is 0 Å². The van der Waals surface area contributed by atoms with Crippen molar-refractivity contribution in [1.82, 2.24) is 14.8 Å². The van der Waals surface area contributed by atoms with Crippen LogP contribution in [0.25, 0.3) is 0 Å². The van der Waals surface area contributed by atoms with Crippen LogP contribution in [-0.4, -0.2) is 20.0 Å². The molecule has 1 atom stereocenters. The first-order chi connectivity index (χ1) is 11.8. The highest BCUT2D eigenvalue weighted by Crippen LogP contribution is 2.24. The van der Waals surface area contributed by atoms with E-state index < -0.39 is 0 Å². The molecule has 0 aliphatic carbocycles. The molecule has 0 aliphatic rings. The van der Waals surface area contributed by atoms with Gasteiger partial charge in [-0.2, -0.15) is 5.26 Å². The van der Waals surface area contributed by atoms with Crippen molar-refractivity contribution < 1.29 is 0 Å². The second-order valence-electron chi connectivity index (χ2n) is 5.43. The van der Waals surface area contributed by atoms with Crippen LogP contribution in [0.2, 0.25) is 0 Å². The lowest BCUT2D eigenvalue weighted by Gasteiger charge is -2.10. The Bertz CT molecular complexity index is 803. The molecule has 2 heterocycles. The molecule has 122 valence electrons. The van der Waals surface area contributed by atoms with Gasteiger partial charge in [-0.15, -0.1) is 21.5 Å². The van der Waals surface area contributed by atoms with E-state index in [0.717, 1.165) is 30.4 Å². The average Bonchev–Trinajstić information content (AvgIpc) is 3.25. The summed E-state index contributed by atoms with van der Waals surface area (Å²) in [6.45, 7) is 2.71. The topological polar surface area (TPSA) is 54.5 Å². The van der Waals surface area contributed by atoms with Crippen molar-refractivity contribution in [2.24, 2.45) is 0 Å². The first-order valence-electron chi connectivity index (χ1n) is 7.81. The largest absolute Gasteiger partial charge is 0.305 e. The molecule has 3 rings (SSSR count). The van der Waals surface area contributed by atoms with Gasteiger partial charge in [0.2, 0.25) is 0 Å². The number of thiophene rings is 1. The maximum Gasteiger partial charge on any atom is 0.192 e. The molecule has 1 aromatic carbocycles. The van der Waals surface area contributed by atoms with Gasteiger partial charge in [0, 0.05) is 17.8 Å². The number of hydrogen-bond acceptors (Lipinski definition) is 5. The molecule has 0 spiro atoms. The van der Waals surface area contributed by atoms with Crippen LogP contribution in [0.3, 0.4) is 0 Å². The maximum absolute atomic E-state index is 9.08. The van der Waals surface area contributed by atoms with Gasteiger partial charge in [-0.3, -0.25) is 0 Å². The predicted octanol–water partition coefficient (Wildman–Crippen LogP) is 4.18. The summed E-state index contributed by atoms with van der Waals surface area (Å²) in [5, 5.41) is 20.6. The third-order valence-electron chi connectivity index (χ3n) is 3.64. The van der Waals surface area contributed by atoms with E-state index in [-0.39, 0.29) is 5.25 Å². The van der Waals surface area contributed by atoms with Gasteiger partial charge in [0.05, 0.1) is 11.3 Å². The summed E-state index contributed by atoms with van der Waals surface area (Å²) in [6.07, 6.45) is 1.70. The van der Waals surface area contributed by atoms with E-state index in [1.807, 2.05) is 13.0 Å². The minimum Gasteiger partial charge on any atom is -0.305 e. The number of nitriles is 1. The summed E-state index contributed by atoms with van der Waals surface area (Å²) >= 11 is 3.20. The van der Waals surface area contributed by atoms with Crippen molar-refractivity contribution in [2.75, 3.05) is 0 Å². The van der Waals surface area contributed by atoms with Gasteiger partial charge in [0.1, 0.15) is 5.82 Å². The quantitative estimate of drug-likeness (QED) is 0.597. The zero-order valence-electron chi connectivity index (χ0n) is 13.4. The maximum atomic E-state index is 9.08. The predicted molar refractivity (Wildman–Crippen MR) is 98.2 cm³/mol. The van der Waals surface area contributed by atoms with E-state index in [1.54, 1.807) is 11.3 Å². The van der Waals surface area contributed by atoms with E-state index >= 15 is 0 Å². The van der Waals surface area contributed by atoms with Crippen LogP contribution in [0.1, 0.15) is 23.2 Å². The SMILES string of the molecule is C[C@@H](C#N)Sc1nnc(Cc2cccs2)n1CCc1ccccc1. The summed E-state index contributed by atoms with van der Waals surface area (Å²) in [4.78, 5) is 1.27. The fraction of sp³-hybridized carbons (Fsp3) is 0.278. The lowest BCUT2D eigenvalue weighted by Crippen LogP contribution is -2.09. The first kappa shape index (κ1) is 16.7. The minimum atomic E-state index is -0.140. The molecule has 0 radical (unpaired) electrons. The number of aromatic nitrogens is 3. The summed E-state index contributed by atoms with van der Waals surface area (Å²) in [6, 6.07) is 16.8. The standard InChI is InChI=1S/C18H18N4S2/c1-14(13-19)24-18-21-20-17(12-16-8-5-11-23-16)22(18)10-9-15-6-3-2-4-7-15/h2-8,11,14H,9-10,12H2,1H3/t14-/m0/s1. The Labute approximate surface area is 150 Å². The van der Waals surface area contributed by atoms with Crippen LogP contribution < -0.4 is 0 Å². The van der Waals surface area contributed by atoms with Crippen molar-refractivity contribution in [3.05, 3.63) is 64.1 Å². The number of benzene rings is 1. The molecule has 0 amide bonds. The van der Waals surface area contributed by atoms with Crippen molar-refractivity contribution in [2.45, 2.75) is 36.7 Å². The van der Waals surface area contributed by atoms with E-state index in [9.17, 15) is 0 Å². The fourth-order valence-corrected chi connectivity index (χ4v) is 3.88. The van der Waals surface area contributed by atoms with Gasteiger partial charge in [-0.25, -0.2) is 0 Å². The molecule has 4 nitrogen and oxygen atoms in total. The number of aryl methyl sites for hydroxylation is 1. The third-order valence-corrected chi connectivity index (χ3v) is 5.49. The highest BCUT2D eigenvalue weighted by Gasteiger charge is 2.16. The summed E-state index contributed by atoms with van der Waals surface area (Å²) in [7, 11) is 0.